The molecule has 2 rings (SSSR count). The fourth-order valence-electron chi connectivity index (χ4n) is 2.66. The third-order valence-corrected chi connectivity index (χ3v) is 4.07. The highest BCUT2D eigenvalue weighted by Crippen LogP contribution is 2.28. The number of ether oxygens (including phenoxy) is 3. The molecule has 0 bridgehead atoms. The number of terminal acetylenes is 2. The number of amides is 1. The number of halogens is 2. The average Bonchev–Trinajstić information content (AvgIpc) is 2.75. The molecule has 0 fully saturated rings. The van der Waals surface area contributed by atoms with Gasteiger partial charge in [0.2, 0.25) is 0 Å². The molecule has 0 aliphatic carbocycles. The first-order valence-electron chi connectivity index (χ1n) is 9.01. The fraction of sp³-hybridized carbons (Fsp3) is 0.261. The number of carbonyl (C=O) groups is 1. The molecule has 0 spiro atoms. The summed E-state index contributed by atoms with van der Waals surface area (Å²) in [6.45, 7) is 0.230. The lowest BCUT2D eigenvalue weighted by Crippen LogP contribution is -2.32. The first kappa shape index (κ1) is 22.7. The predicted octanol–water partition coefficient (Wildman–Crippen LogP) is 3.04. The molecule has 0 unspecified atom stereocenters. The van der Waals surface area contributed by atoms with E-state index >= 15 is 0 Å². The number of hydrogen-bond donors (Lipinski definition) is 1. The number of carbonyl (C=O) groups excluding carboxylic acids is 1. The van der Waals surface area contributed by atoms with Crippen molar-refractivity contribution in [1.29, 1.82) is 0 Å². The lowest BCUT2D eigenvalue weighted by atomic mass is 10.1. The van der Waals surface area contributed by atoms with E-state index in [9.17, 15) is 13.6 Å². The highest BCUT2D eigenvalue weighted by Gasteiger charge is 2.22. The van der Waals surface area contributed by atoms with Gasteiger partial charge in [-0.15, -0.1) is 12.8 Å². The Labute approximate surface area is 174 Å². The zero-order valence-electron chi connectivity index (χ0n) is 16.4. The second-order valence-electron chi connectivity index (χ2n) is 6.09. The molecular weight excluding hydrogens is 392 g/mol. The quantitative estimate of drug-likeness (QED) is 0.609. The van der Waals surface area contributed by atoms with Crippen LogP contribution in [-0.2, 0) is 16.0 Å². The van der Waals surface area contributed by atoms with Crippen LogP contribution < -0.4 is 14.8 Å². The Morgan fingerprint density at radius 2 is 1.83 bits per heavy atom. The Kier molecular flexibility index (Phi) is 8.68. The topological polar surface area (TPSA) is 56.8 Å². The van der Waals surface area contributed by atoms with E-state index in [1.807, 2.05) is 6.07 Å². The number of nitrogens with one attached hydrogen (secondary N) is 1. The molecule has 0 aromatic heterocycles. The van der Waals surface area contributed by atoms with Gasteiger partial charge in [-0.3, -0.25) is 4.79 Å². The molecule has 5 nitrogen and oxygen atoms in total. The van der Waals surface area contributed by atoms with Crippen molar-refractivity contribution in [2.24, 2.45) is 0 Å². The number of rotatable bonds is 10. The predicted molar refractivity (Wildman–Crippen MR) is 108 cm³/mol. The molecule has 156 valence electrons. The van der Waals surface area contributed by atoms with Crippen LogP contribution in [0.3, 0.4) is 0 Å². The van der Waals surface area contributed by atoms with Gasteiger partial charge in [0.15, 0.2) is 29.2 Å². The second kappa shape index (κ2) is 11.5. The lowest BCUT2D eigenvalue weighted by molar-refractivity contribution is -0.132. The third kappa shape index (κ3) is 6.23. The monoisotopic (exact) mass is 413 g/mol. The Balaban J connectivity index is 2.02. The smallest absolute Gasteiger partial charge is 0.253 e. The zero-order chi connectivity index (χ0) is 21.9. The van der Waals surface area contributed by atoms with Gasteiger partial charge in [-0.2, -0.15) is 0 Å². The van der Waals surface area contributed by atoms with Gasteiger partial charge in [-0.1, -0.05) is 24.0 Å². The summed E-state index contributed by atoms with van der Waals surface area (Å²) in [6.07, 6.45) is 9.69. The first-order valence-corrected chi connectivity index (χ1v) is 9.01. The highest BCUT2D eigenvalue weighted by atomic mass is 19.2. The van der Waals surface area contributed by atoms with Crippen molar-refractivity contribution in [1.82, 2.24) is 5.32 Å². The van der Waals surface area contributed by atoms with E-state index in [4.69, 9.17) is 27.1 Å². The number of benzene rings is 2. The average molecular weight is 413 g/mol. The first-order chi connectivity index (χ1) is 14.5. The standard InChI is InChI=1S/C23H21F2NO4/c1-4-12-29-20-9-6-16(14-21(20)28-3)10-11-26-23(27)22(30-13-5-2)17-7-8-18(24)19(25)15-17/h1-2,6-9,14-15,22H,10-13H2,3H3,(H,26,27)/t22-/m0/s1. The molecule has 2 aromatic carbocycles. The Bertz CT molecular complexity index is 963. The van der Waals surface area contributed by atoms with Crippen molar-refractivity contribution in [2.45, 2.75) is 12.5 Å². The van der Waals surface area contributed by atoms with E-state index < -0.39 is 23.6 Å². The minimum Gasteiger partial charge on any atom is -0.493 e. The van der Waals surface area contributed by atoms with Gasteiger partial charge in [-0.25, -0.2) is 8.78 Å². The highest BCUT2D eigenvalue weighted by molar-refractivity contribution is 5.82. The number of hydrogen-bond acceptors (Lipinski definition) is 4. The van der Waals surface area contributed by atoms with Crippen molar-refractivity contribution < 1.29 is 27.8 Å². The van der Waals surface area contributed by atoms with Crippen LogP contribution in [0, 0.1) is 36.3 Å². The molecule has 30 heavy (non-hydrogen) atoms. The summed E-state index contributed by atoms with van der Waals surface area (Å²) < 4.78 is 42.7. The summed E-state index contributed by atoms with van der Waals surface area (Å²) in [5.41, 5.74) is 1.05. The largest absolute Gasteiger partial charge is 0.493 e. The maximum absolute atomic E-state index is 13.5. The van der Waals surface area contributed by atoms with Crippen molar-refractivity contribution in [2.75, 3.05) is 26.9 Å². The maximum atomic E-state index is 13.5. The van der Waals surface area contributed by atoms with Gasteiger partial charge in [0.1, 0.15) is 13.2 Å². The minimum atomic E-state index is -1.16. The molecule has 1 amide bonds. The van der Waals surface area contributed by atoms with Crippen molar-refractivity contribution >= 4 is 5.91 Å². The molecule has 0 aliphatic heterocycles. The van der Waals surface area contributed by atoms with Crippen LogP contribution in [0.2, 0.25) is 0 Å². The van der Waals surface area contributed by atoms with Crippen LogP contribution in [0.4, 0.5) is 8.78 Å². The van der Waals surface area contributed by atoms with Crippen molar-refractivity contribution in [3.8, 4) is 36.2 Å². The van der Waals surface area contributed by atoms with Gasteiger partial charge in [-0.05, 0) is 41.8 Å². The summed E-state index contributed by atoms with van der Waals surface area (Å²) in [5.74, 6) is 3.07. The molecule has 1 atom stereocenters. The minimum absolute atomic E-state index is 0.120. The molecule has 2 aromatic rings. The normalized spacial score (nSPS) is 11.1. The van der Waals surface area contributed by atoms with Gasteiger partial charge < -0.3 is 19.5 Å². The van der Waals surface area contributed by atoms with Crippen LogP contribution in [-0.4, -0.2) is 32.8 Å². The van der Waals surface area contributed by atoms with E-state index in [1.54, 1.807) is 12.1 Å². The number of methoxy groups -OCH3 is 1. The Hall–Kier alpha value is -3.55. The summed E-state index contributed by atoms with van der Waals surface area (Å²) in [6, 6.07) is 8.45. The van der Waals surface area contributed by atoms with Crippen molar-refractivity contribution in [3.63, 3.8) is 0 Å². The van der Waals surface area contributed by atoms with E-state index in [0.29, 0.717) is 17.9 Å². The summed E-state index contributed by atoms with van der Waals surface area (Å²) in [7, 11) is 1.51. The van der Waals surface area contributed by atoms with Gasteiger partial charge in [0, 0.05) is 6.54 Å². The molecule has 0 heterocycles. The molecule has 0 saturated carbocycles. The maximum Gasteiger partial charge on any atom is 0.253 e. The van der Waals surface area contributed by atoms with Gasteiger partial charge in [0.25, 0.3) is 5.91 Å². The summed E-state index contributed by atoms with van der Waals surface area (Å²) in [5, 5.41) is 2.71. The molecule has 7 heteroatoms. The van der Waals surface area contributed by atoms with E-state index in [-0.39, 0.29) is 25.3 Å². The molecule has 0 saturated heterocycles. The van der Waals surface area contributed by atoms with Crippen molar-refractivity contribution in [3.05, 3.63) is 59.2 Å². The Morgan fingerprint density at radius 1 is 1.07 bits per heavy atom. The van der Waals surface area contributed by atoms with Crippen LogP contribution in [0.15, 0.2) is 36.4 Å². The molecule has 0 radical (unpaired) electrons. The Morgan fingerprint density at radius 3 is 2.50 bits per heavy atom. The lowest BCUT2D eigenvalue weighted by Gasteiger charge is -2.17. The van der Waals surface area contributed by atoms with E-state index in [0.717, 1.165) is 17.7 Å². The second-order valence-corrected chi connectivity index (χ2v) is 6.09. The van der Waals surface area contributed by atoms with Crippen LogP contribution in [0.1, 0.15) is 17.2 Å². The fourth-order valence-corrected chi connectivity index (χ4v) is 2.66. The molecule has 1 N–H and O–H groups in total. The van der Waals surface area contributed by atoms with Crippen LogP contribution in [0.5, 0.6) is 11.5 Å². The zero-order valence-corrected chi connectivity index (χ0v) is 16.4. The van der Waals surface area contributed by atoms with Gasteiger partial charge >= 0.3 is 0 Å². The van der Waals surface area contributed by atoms with E-state index in [1.165, 1.54) is 13.2 Å². The van der Waals surface area contributed by atoms with Crippen LogP contribution in [0.25, 0.3) is 0 Å². The summed E-state index contributed by atoms with van der Waals surface area (Å²) >= 11 is 0. The third-order valence-electron chi connectivity index (χ3n) is 4.07. The van der Waals surface area contributed by atoms with Crippen LogP contribution >= 0.6 is 0 Å². The summed E-state index contributed by atoms with van der Waals surface area (Å²) in [4.78, 5) is 12.5. The van der Waals surface area contributed by atoms with E-state index in [2.05, 4.69) is 17.2 Å². The molecular formula is C23H21F2NO4. The SMILES string of the molecule is C#CCOc1ccc(CCNC(=O)[C@@H](OCC#C)c2ccc(F)c(F)c2)cc1OC. The van der Waals surface area contributed by atoms with Gasteiger partial charge in [0.05, 0.1) is 7.11 Å². The molecule has 0 aliphatic rings.